The lowest BCUT2D eigenvalue weighted by molar-refractivity contribution is 0.102. The highest BCUT2D eigenvalue weighted by Gasteiger charge is 2.22. The van der Waals surface area contributed by atoms with Gasteiger partial charge >= 0.3 is 0 Å². The smallest absolute Gasteiger partial charge is 0.255 e. The van der Waals surface area contributed by atoms with Crippen LogP contribution < -0.4 is 10.1 Å². The Morgan fingerprint density at radius 3 is 2.39 bits per heavy atom. The van der Waals surface area contributed by atoms with Gasteiger partial charge in [-0.25, -0.2) is 12.8 Å². The number of amides is 1. The standard InChI is InChI=1S/C23H23FN2O4S/c1-3-26(4-2)31(28,29)20-12-7-9-17(15-20)23(27)25-21-13-5-6-14-22(21)30-19-11-8-10-18(24)16-19/h5-16H,3-4H2,1-2H3,(H,25,27). The second kappa shape index (κ2) is 9.72. The molecule has 0 radical (unpaired) electrons. The number of anilines is 1. The lowest BCUT2D eigenvalue weighted by atomic mass is 10.2. The molecule has 0 heterocycles. The fourth-order valence-corrected chi connectivity index (χ4v) is 4.53. The molecule has 0 aliphatic heterocycles. The second-order valence-corrected chi connectivity index (χ2v) is 8.56. The number of halogens is 1. The molecule has 0 saturated heterocycles. The SMILES string of the molecule is CCN(CC)S(=O)(=O)c1cccc(C(=O)Nc2ccccc2Oc2cccc(F)c2)c1. The predicted octanol–water partition coefficient (Wildman–Crippen LogP) is 4.90. The number of hydrogen-bond acceptors (Lipinski definition) is 4. The molecule has 6 nitrogen and oxygen atoms in total. The molecular formula is C23H23FN2O4S. The maximum absolute atomic E-state index is 13.4. The Morgan fingerprint density at radius 2 is 1.68 bits per heavy atom. The van der Waals surface area contributed by atoms with Crippen LogP contribution in [0, 0.1) is 5.82 Å². The van der Waals surface area contributed by atoms with Gasteiger partial charge in [-0.15, -0.1) is 0 Å². The number of rotatable bonds is 8. The molecule has 31 heavy (non-hydrogen) atoms. The van der Waals surface area contributed by atoms with E-state index in [9.17, 15) is 17.6 Å². The third-order valence-corrected chi connectivity index (χ3v) is 6.64. The summed E-state index contributed by atoms with van der Waals surface area (Å²) in [4.78, 5) is 12.9. The normalized spacial score (nSPS) is 11.4. The van der Waals surface area contributed by atoms with Crippen LogP contribution in [0.15, 0.2) is 77.7 Å². The van der Waals surface area contributed by atoms with Crippen LogP contribution in [0.3, 0.4) is 0 Å². The van der Waals surface area contributed by atoms with E-state index in [1.165, 1.54) is 46.8 Å². The van der Waals surface area contributed by atoms with Gasteiger partial charge in [-0.1, -0.05) is 38.1 Å². The van der Waals surface area contributed by atoms with E-state index in [1.54, 1.807) is 44.2 Å². The number of nitrogens with zero attached hydrogens (tertiary/aromatic N) is 1. The van der Waals surface area contributed by atoms with E-state index >= 15 is 0 Å². The van der Waals surface area contributed by atoms with Crippen LogP contribution in [-0.4, -0.2) is 31.7 Å². The van der Waals surface area contributed by atoms with Crippen molar-refractivity contribution < 1.29 is 22.3 Å². The first kappa shape index (κ1) is 22.5. The Balaban J connectivity index is 1.85. The van der Waals surface area contributed by atoms with E-state index in [2.05, 4.69) is 5.32 Å². The number of carbonyl (C=O) groups is 1. The van der Waals surface area contributed by atoms with Gasteiger partial charge in [0.15, 0.2) is 5.75 Å². The quantitative estimate of drug-likeness (QED) is 0.538. The van der Waals surface area contributed by atoms with Gasteiger partial charge in [0.05, 0.1) is 10.6 Å². The topological polar surface area (TPSA) is 75.7 Å². The molecule has 0 atom stereocenters. The average Bonchev–Trinajstić information content (AvgIpc) is 2.76. The molecule has 0 unspecified atom stereocenters. The van der Waals surface area contributed by atoms with Gasteiger partial charge in [0.25, 0.3) is 5.91 Å². The number of benzene rings is 3. The molecular weight excluding hydrogens is 419 g/mol. The summed E-state index contributed by atoms with van der Waals surface area (Å²) in [5.41, 5.74) is 0.558. The summed E-state index contributed by atoms with van der Waals surface area (Å²) < 4.78 is 46.0. The van der Waals surface area contributed by atoms with E-state index in [0.29, 0.717) is 24.5 Å². The van der Waals surface area contributed by atoms with E-state index in [1.807, 2.05) is 0 Å². The van der Waals surface area contributed by atoms with Crippen molar-refractivity contribution in [3.05, 3.63) is 84.2 Å². The zero-order valence-electron chi connectivity index (χ0n) is 17.2. The van der Waals surface area contributed by atoms with Crippen LogP contribution in [-0.2, 0) is 10.0 Å². The van der Waals surface area contributed by atoms with Gasteiger partial charge in [-0.3, -0.25) is 4.79 Å². The molecule has 1 amide bonds. The van der Waals surface area contributed by atoms with Crippen LogP contribution in [0.4, 0.5) is 10.1 Å². The molecule has 3 aromatic carbocycles. The first-order valence-corrected chi connectivity index (χ1v) is 11.2. The Kier molecular flexibility index (Phi) is 7.04. The highest BCUT2D eigenvalue weighted by molar-refractivity contribution is 7.89. The van der Waals surface area contributed by atoms with Crippen molar-refractivity contribution in [1.29, 1.82) is 0 Å². The fraction of sp³-hybridized carbons (Fsp3) is 0.174. The van der Waals surface area contributed by atoms with Crippen LogP contribution in [0.5, 0.6) is 11.5 Å². The summed E-state index contributed by atoms with van der Waals surface area (Å²) in [6.07, 6.45) is 0. The predicted molar refractivity (Wildman–Crippen MR) is 117 cm³/mol. The molecule has 0 aromatic heterocycles. The monoisotopic (exact) mass is 442 g/mol. The van der Waals surface area contributed by atoms with Gasteiger partial charge in [0, 0.05) is 24.7 Å². The van der Waals surface area contributed by atoms with Crippen molar-refractivity contribution in [2.24, 2.45) is 0 Å². The number of sulfonamides is 1. The average molecular weight is 443 g/mol. The Labute approximate surface area is 181 Å². The van der Waals surface area contributed by atoms with Gasteiger partial charge in [-0.05, 0) is 42.5 Å². The largest absolute Gasteiger partial charge is 0.455 e. The van der Waals surface area contributed by atoms with Crippen LogP contribution >= 0.6 is 0 Å². The minimum Gasteiger partial charge on any atom is -0.455 e. The molecule has 162 valence electrons. The van der Waals surface area contributed by atoms with Gasteiger partial charge in [0.2, 0.25) is 10.0 Å². The van der Waals surface area contributed by atoms with Crippen molar-refractivity contribution in [3.8, 4) is 11.5 Å². The van der Waals surface area contributed by atoms with Gasteiger partial charge in [0.1, 0.15) is 11.6 Å². The molecule has 1 N–H and O–H groups in total. The number of hydrogen-bond donors (Lipinski definition) is 1. The number of carbonyl (C=O) groups excluding carboxylic acids is 1. The maximum Gasteiger partial charge on any atom is 0.255 e. The van der Waals surface area contributed by atoms with Crippen molar-refractivity contribution in [3.63, 3.8) is 0 Å². The summed E-state index contributed by atoms with van der Waals surface area (Å²) in [5, 5.41) is 2.73. The van der Waals surface area contributed by atoms with Crippen molar-refractivity contribution in [2.45, 2.75) is 18.7 Å². The molecule has 0 spiro atoms. The highest BCUT2D eigenvalue weighted by Crippen LogP contribution is 2.30. The van der Waals surface area contributed by atoms with Crippen molar-refractivity contribution >= 4 is 21.6 Å². The molecule has 0 aliphatic rings. The molecule has 0 aliphatic carbocycles. The highest BCUT2D eigenvalue weighted by atomic mass is 32.2. The zero-order chi connectivity index (χ0) is 22.4. The van der Waals surface area contributed by atoms with Crippen LogP contribution in [0.2, 0.25) is 0 Å². The fourth-order valence-electron chi connectivity index (χ4n) is 3.02. The zero-order valence-corrected chi connectivity index (χ0v) is 18.0. The second-order valence-electron chi connectivity index (χ2n) is 6.63. The molecule has 8 heteroatoms. The van der Waals surface area contributed by atoms with Crippen LogP contribution in [0.1, 0.15) is 24.2 Å². The Hall–Kier alpha value is -3.23. The minimum atomic E-state index is -3.69. The van der Waals surface area contributed by atoms with Gasteiger partial charge in [-0.2, -0.15) is 4.31 Å². The summed E-state index contributed by atoms with van der Waals surface area (Å²) in [6.45, 7) is 4.18. The first-order chi connectivity index (χ1) is 14.8. The third-order valence-electron chi connectivity index (χ3n) is 4.60. The Bertz CT molecular complexity index is 1180. The molecule has 0 saturated carbocycles. The third kappa shape index (κ3) is 5.28. The summed E-state index contributed by atoms with van der Waals surface area (Å²) in [6, 6.07) is 18.3. The van der Waals surface area contributed by atoms with Crippen molar-refractivity contribution in [2.75, 3.05) is 18.4 Å². The molecule has 3 rings (SSSR count). The molecule has 3 aromatic rings. The van der Waals surface area contributed by atoms with E-state index in [-0.39, 0.29) is 16.2 Å². The van der Waals surface area contributed by atoms with E-state index in [0.717, 1.165) is 0 Å². The Morgan fingerprint density at radius 1 is 0.968 bits per heavy atom. The first-order valence-electron chi connectivity index (χ1n) is 9.79. The van der Waals surface area contributed by atoms with E-state index < -0.39 is 21.7 Å². The number of nitrogens with one attached hydrogen (secondary N) is 1. The number of ether oxygens (including phenoxy) is 1. The number of para-hydroxylation sites is 2. The molecule has 0 bridgehead atoms. The molecule has 0 fully saturated rings. The summed E-state index contributed by atoms with van der Waals surface area (Å²) in [5.74, 6) is -0.320. The lowest BCUT2D eigenvalue weighted by Gasteiger charge is -2.18. The van der Waals surface area contributed by atoms with E-state index in [4.69, 9.17) is 4.74 Å². The lowest BCUT2D eigenvalue weighted by Crippen LogP contribution is -2.30. The minimum absolute atomic E-state index is 0.0492. The summed E-state index contributed by atoms with van der Waals surface area (Å²) in [7, 11) is -3.69. The van der Waals surface area contributed by atoms with Crippen LogP contribution in [0.25, 0.3) is 0 Å². The van der Waals surface area contributed by atoms with Crippen molar-refractivity contribution in [1.82, 2.24) is 4.31 Å². The maximum atomic E-state index is 13.4. The van der Waals surface area contributed by atoms with Gasteiger partial charge < -0.3 is 10.1 Å². The summed E-state index contributed by atoms with van der Waals surface area (Å²) >= 11 is 0.